The highest BCUT2D eigenvalue weighted by atomic mass is 35.5. The number of amides is 1. The van der Waals surface area contributed by atoms with E-state index in [1.807, 2.05) is 17.0 Å². The van der Waals surface area contributed by atoms with E-state index >= 15 is 0 Å². The molecule has 0 aliphatic carbocycles. The van der Waals surface area contributed by atoms with Gasteiger partial charge in [0.25, 0.3) is 0 Å². The van der Waals surface area contributed by atoms with Crippen LogP contribution in [0.1, 0.15) is 19.4 Å². The highest BCUT2D eigenvalue weighted by Crippen LogP contribution is 2.26. The number of hydrogen-bond donors (Lipinski definition) is 0. The van der Waals surface area contributed by atoms with E-state index in [2.05, 4.69) is 28.9 Å². The molecule has 4 nitrogen and oxygen atoms in total. The Balaban J connectivity index is 1.57. The van der Waals surface area contributed by atoms with Crippen molar-refractivity contribution in [2.45, 2.75) is 26.4 Å². The lowest BCUT2D eigenvalue weighted by molar-refractivity contribution is -0.130. The molecule has 126 valence electrons. The Labute approximate surface area is 144 Å². The van der Waals surface area contributed by atoms with Gasteiger partial charge in [-0.2, -0.15) is 0 Å². The molecule has 2 aliphatic rings. The van der Waals surface area contributed by atoms with Gasteiger partial charge in [-0.25, -0.2) is 0 Å². The first-order valence-electron chi connectivity index (χ1n) is 8.50. The van der Waals surface area contributed by atoms with Crippen molar-refractivity contribution in [2.24, 2.45) is 5.92 Å². The van der Waals surface area contributed by atoms with E-state index in [9.17, 15) is 4.79 Å². The van der Waals surface area contributed by atoms with E-state index in [-0.39, 0.29) is 5.91 Å². The SMILES string of the molecule is CC(=O)N1CCN([C@H]2CN(Cc3ccccc3Cl)C[C@H]2C)CC1. The van der Waals surface area contributed by atoms with Crippen LogP contribution in [0.15, 0.2) is 24.3 Å². The van der Waals surface area contributed by atoms with Crippen molar-refractivity contribution in [1.29, 1.82) is 0 Å². The number of hydrogen-bond acceptors (Lipinski definition) is 3. The number of benzene rings is 1. The van der Waals surface area contributed by atoms with Crippen molar-refractivity contribution in [3.63, 3.8) is 0 Å². The Morgan fingerprint density at radius 2 is 1.87 bits per heavy atom. The van der Waals surface area contributed by atoms with Crippen LogP contribution in [0.4, 0.5) is 0 Å². The molecule has 0 radical (unpaired) electrons. The summed E-state index contributed by atoms with van der Waals surface area (Å²) in [5.74, 6) is 0.853. The molecule has 2 fully saturated rings. The fraction of sp³-hybridized carbons (Fsp3) is 0.611. The zero-order chi connectivity index (χ0) is 16.4. The number of halogens is 1. The number of rotatable bonds is 3. The third kappa shape index (κ3) is 3.87. The molecular weight excluding hydrogens is 310 g/mol. The highest BCUT2D eigenvalue weighted by Gasteiger charge is 2.35. The van der Waals surface area contributed by atoms with Crippen molar-refractivity contribution in [1.82, 2.24) is 14.7 Å². The molecule has 0 unspecified atom stereocenters. The molecule has 2 saturated heterocycles. The average Bonchev–Trinajstić information content (AvgIpc) is 2.90. The first kappa shape index (κ1) is 16.7. The van der Waals surface area contributed by atoms with Crippen molar-refractivity contribution in [3.05, 3.63) is 34.9 Å². The molecule has 1 amide bonds. The third-order valence-electron chi connectivity index (χ3n) is 5.23. The molecule has 2 heterocycles. The number of nitrogens with zero attached hydrogens (tertiary/aromatic N) is 3. The van der Waals surface area contributed by atoms with Crippen LogP contribution in [0.25, 0.3) is 0 Å². The molecule has 0 aromatic heterocycles. The smallest absolute Gasteiger partial charge is 0.219 e. The van der Waals surface area contributed by atoms with Gasteiger partial charge in [0.1, 0.15) is 0 Å². The maximum Gasteiger partial charge on any atom is 0.219 e. The fourth-order valence-corrected chi connectivity index (χ4v) is 4.08. The van der Waals surface area contributed by atoms with Crippen LogP contribution in [0.3, 0.4) is 0 Å². The summed E-state index contributed by atoms with van der Waals surface area (Å²) in [4.78, 5) is 18.5. The maximum atomic E-state index is 11.5. The maximum absolute atomic E-state index is 11.5. The molecule has 3 rings (SSSR count). The molecule has 0 N–H and O–H groups in total. The van der Waals surface area contributed by atoms with Crippen LogP contribution in [0, 0.1) is 5.92 Å². The summed E-state index contributed by atoms with van der Waals surface area (Å²) < 4.78 is 0. The van der Waals surface area contributed by atoms with E-state index in [0.29, 0.717) is 12.0 Å². The van der Waals surface area contributed by atoms with Crippen LogP contribution in [0.5, 0.6) is 0 Å². The molecule has 2 atom stereocenters. The second-order valence-corrected chi connectivity index (χ2v) is 7.28. The second-order valence-electron chi connectivity index (χ2n) is 6.87. The van der Waals surface area contributed by atoms with Gasteiger partial charge in [-0.3, -0.25) is 14.6 Å². The van der Waals surface area contributed by atoms with E-state index in [4.69, 9.17) is 11.6 Å². The number of carbonyl (C=O) groups is 1. The number of carbonyl (C=O) groups excluding carboxylic acids is 1. The molecule has 0 spiro atoms. The normalized spacial score (nSPS) is 26.7. The molecule has 1 aromatic rings. The summed E-state index contributed by atoms with van der Waals surface area (Å²) in [6, 6.07) is 8.71. The summed E-state index contributed by atoms with van der Waals surface area (Å²) in [6.07, 6.45) is 0. The Morgan fingerprint density at radius 1 is 1.17 bits per heavy atom. The van der Waals surface area contributed by atoms with E-state index in [1.54, 1.807) is 6.92 Å². The van der Waals surface area contributed by atoms with Crippen molar-refractivity contribution < 1.29 is 4.79 Å². The molecule has 0 saturated carbocycles. The number of likely N-dealkylation sites (tertiary alicyclic amines) is 1. The third-order valence-corrected chi connectivity index (χ3v) is 5.60. The highest BCUT2D eigenvalue weighted by molar-refractivity contribution is 6.31. The number of piperazine rings is 1. The van der Waals surface area contributed by atoms with Crippen molar-refractivity contribution in [2.75, 3.05) is 39.3 Å². The van der Waals surface area contributed by atoms with Gasteiger partial charge in [-0.1, -0.05) is 36.7 Å². The lowest BCUT2D eigenvalue weighted by atomic mass is 10.0. The van der Waals surface area contributed by atoms with Gasteiger partial charge in [0.15, 0.2) is 0 Å². The van der Waals surface area contributed by atoms with Crippen LogP contribution in [0.2, 0.25) is 5.02 Å². The molecule has 23 heavy (non-hydrogen) atoms. The minimum absolute atomic E-state index is 0.199. The predicted molar refractivity (Wildman–Crippen MR) is 93.5 cm³/mol. The standard InChI is InChI=1S/C18H26ClN3O/c1-14-11-20(12-16-5-3-4-6-17(16)19)13-18(14)22-9-7-21(8-10-22)15(2)23/h3-6,14,18H,7-13H2,1-2H3/t14-,18+/m1/s1. The largest absolute Gasteiger partial charge is 0.340 e. The van der Waals surface area contributed by atoms with E-state index < -0.39 is 0 Å². The van der Waals surface area contributed by atoms with Crippen LogP contribution < -0.4 is 0 Å². The van der Waals surface area contributed by atoms with E-state index in [1.165, 1.54) is 5.56 Å². The quantitative estimate of drug-likeness (QED) is 0.848. The Kier molecular flexibility index (Phi) is 5.24. The monoisotopic (exact) mass is 335 g/mol. The van der Waals surface area contributed by atoms with Gasteiger partial charge in [0.05, 0.1) is 0 Å². The van der Waals surface area contributed by atoms with Crippen molar-refractivity contribution in [3.8, 4) is 0 Å². The lowest BCUT2D eigenvalue weighted by Gasteiger charge is -2.39. The molecular formula is C18H26ClN3O. The molecule has 0 bridgehead atoms. The van der Waals surface area contributed by atoms with Gasteiger partial charge in [-0.05, 0) is 17.5 Å². The zero-order valence-corrected chi connectivity index (χ0v) is 14.8. The lowest BCUT2D eigenvalue weighted by Crippen LogP contribution is -2.53. The van der Waals surface area contributed by atoms with Crippen LogP contribution >= 0.6 is 11.6 Å². The van der Waals surface area contributed by atoms with Crippen LogP contribution in [-0.4, -0.2) is 65.9 Å². The van der Waals surface area contributed by atoms with Crippen LogP contribution in [-0.2, 0) is 11.3 Å². The first-order valence-corrected chi connectivity index (χ1v) is 8.87. The summed E-state index contributed by atoms with van der Waals surface area (Å²) in [5, 5.41) is 0.860. The Hall–Kier alpha value is -1.10. The predicted octanol–water partition coefficient (Wildman–Crippen LogP) is 2.32. The summed E-state index contributed by atoms with van der Waals surface area (Å²) >= 11 is 6.30. The topological polar surface area (TPSA) is 26.8 Å². The van der Waals surface area contributed by atoms with Gasteiger partial charge in [-0.15, -0.1) is 0 Å². The summed E-state index contributed by atoms with van der Waals surface area (Å²) in [6.45, 7) is 10.9. The molecule has 5 heteroatoms. The van der Waals surface area contributed by atoms with Gasteiger partial charge >= 0.3 is 0 Å². The summed E-state index contributed by atoms with van der Waals surface area (Å²) in [5.41, 5.74) is 1.21. The van der Waals surface area contributed by atoms with Crippen molar-refractivity contribution >= 4 is 17.5 Å². The van der Waals surface area contributed by atoms with E-state index in [0.717, 1.165) is 50.8 Å². The Bertz CT molecular complexity index is 557. The van der Waals surface area contributed by atoms with Gasteiger partial charge in [0, 0.05) is 63.8 Å². The molecule has 1 aromatic carbocycles. The molecule has 2 aliphatic heterocycles. The van der Waals surface area contributed by atoms with Gasteiger partial charge in [0.2, 0.25) is 5.91 Å². The van der Waals surface area contributed by atoms with Gasteiger partial charge < -0.3 is 4.90 Å². The summed E-state index contributed by atoms with van der Waals surface area (Å²) in [7, 11) is 0. The zero-order valence-electron chi connectivity index (χ0n) is 14.0. The minimum Gasteiger partial charge on any atom is -0.340 e. The first-order chi connectivity index (χ1) is 11.0. The second kappa shape index (κ2) is 7.20. The minimum atomic E-state index is 0.199. The Morgan fingerprint density at radius 3 is 2.52 bits per heavy atom. The fourth-order valence-electron chi connectivity index (χ4n) is 3.89. The average molecular weight is 336 g/mol.